The van der Waals surface area contributed by atoms with Gasteiger partial charge in [0.15, 0.2) is 5.13 Å². The number of pyridine rings is 1. The van der Waals surface area contributed by atoms with Crippen LogP contribution in [-0.2, 0) is 0 Å². The molecule has 0 spiro atoms. The summed E-state index contributed by atoms with van der Waals surface area (Å²) in [6, 6.07) is 4.59. The first-order chi connectivity index (χ1) is 8.34. The van der Waals surface area contributed by atoms with Crippen LogP contribution in [0.4, 0.5) is 10.1 Å². The molecule has 1 fully saturated rings. The summed E-state index contributed by atoms with van der Waals surface area (Å²) < 4.78 is 0. The molecule has 1 atom stereocenters. The molecule has 2 N–H and O–H groups in total. The molecule has 4 nitrogen and oxygen atoms in total. The number of hydrogen-bond donors (Lipinski definition) is 1. The molecular formula is C12H14N4S. The van der Waals surface area contributed by atoms with E-state index in [2.05, 4.69) is 27.0 Å². The maximum Gasteiger partial charge on any atom is 0.187 e. The molecule has 2 aromatic rings. The van der Waals surface area contributed by atoms with Gasteiger partial charge in [-0.1, -0.05) is 11.3 Å². The summed E-state index contributed by atoms with van der Waals surface area (Å²) in [4.78, 5) is 10.8. The molecular weight excluding hydrogens is 232 g/mol. The van der Waals surface area contributed by atoms with Crippen molar-refractivity contribution in [2.45, 2.75) is 18.9 Å². The zero-order chi connectivity index (χ0) is 11.7. The van der Waals surface area contributed by atoms with E-state index in [-0.39, 0.29) is 0 Å². The molecule has 3 rings (SSSR count). The zero-order valence-corrected chi connectivity index (χ0v) is 10.2. The van der Waals surface area contributed by atoms with E-state index in [9.17, 15) is 0 Å². The maximum atomic E-state index is 5.75. The number of hydrogen-bond acceptors (Lipinski definition) is 5. The second-order valence-electron chi connectivity index (χ2n) is 4.18. The predicted molar refractivity (Wildman–Crippen MR) is 70.1 cm³/mol. The normalized spacial score (nSPS) is 19.8. The van der Waals surface area contributed by atoms with Crippen LogP contribution in [0.25, 0.3) is 0 Å². The smallest absolute Gasteiger partial charge is 0.187 e. The highest BCUT2D eigenvalue weighted by Gasteiger charge is 2.27. The van der Waals surface area contributed by atoms with Crippen molar-refractivity contribution >= 4 is 21.5 Å². The van der Waals surface area contributed by atoms with Crippen LogP contribution in [-0.4, -0.2) is 16.5 Å². The molecule has 1 aliphatic heterocycles. The van der Waals surface area contributed by atoms with Gasteiger partial charge in [0.05, 0.1) is 12.2 Å². The Kier molecular flexibility index (Phi) is 2.68. The Balaban J connectivity index is 1.90. The first kappa shape index (κ1) is 10.5. The Bertz CT molecular complexity index is 496. The molecule has 0 radical (unpaired) electrons. The van der Waals surface area contributed by atoms with E-state index in [0.29, 0.717) is 6.04 Å². The van der Waals surface area contributed by atoms with Crippen LogP contribution in [0.15, 0.2) is 30.7 Å². The van der Waals surface area contributed by atoms with E-state index in [4.69, 9.17) is 5.73 Å². The Morgan fingerprint density at radius 3 is 2.88 bits per heavy atom. The van der Waals surface area contributed by atoms with Gasteiger partial charge in [-0.2, -0.15) is 0 Å². The van der Waals surface area contributed by atoms with Crippen molar-refractivity contribution in [2.24, 2.45) is 0 Å². The summed E-state index contributed by atoms with van der Waals surface area (Å²) in [6.45, 7) is 1.06. The second kappa shape index (κ2) is 4.33. The minimum absolute atomic E-state index is 0.420. The van der Waals surface area contributed by atoms with Crippen molar-refractivity contribution in [3.63, 3.8) is 0 Å². The first-order valence-electron chi connectivity index (χ1n) is 5.72. The number of nitrogens with two attached hydrogens (primary N) is 1. The molecule has 0 bridgehead atoms. The highest BCUT2D eigenvalue weighted by atomic mass is 32.1. The van der Waals surface area contributed by atoms with Gasteiger partial charge in [0.1, 0.15) is 5.00 Å². The Hall–Kier alpha value is -1.62. The van der Waals surface area contributed by atoms with Gasteiger partial charge in [-0.15, -0.1) is 0 Å². The van der Waals surface area contributed by atoms with Crippen molar-refractivity contribution in [1.82, 2.24) is 9.97 Å². The molecule has 88 valence electrons. The van der Waals surface area contributed by atoms with Gasteiger partial charge >= 0.3 is 0 Å². The van der Waals surface area contributed by atoms with Crippen molar-refractivity contribution in [2.75, 3.05) is 17.2 Å². The highest BCUT2D eigenvalue weighted by molar-refractivity contribution is 7.19. The number of nitrogen functional groups attached to an aromatic ring is 1. The third-order valence-corrected chi connectivity index (χ3v) is 3.96. The quantitative estimate of drug-likeness (QED) is 0.884. The van der Waals surface area contributed by atoms with Gasteiger partial charge in [0, 0.05) is 18.9 Å². The summed E-state index contributed by atoms with van der Waals surface area (Å²) in [5.41, 5.74) is 7.06. The van der Waals surface area contributed by atoms with Gasteiger partial charge in [0.25, 0.3) is 0 Å². The highest BCUT2D eigenvalue weighted by Crippen LogP contribution is 2.38. The molecule has 5 heteroatoms. The maximum absolute atomic E-state index is 5.75. The van der Waals surface area contributed by atoms with E-state index in [0.717, 1.165) is 16.7 Å². The number of rotatable bonds is 2. The fourth-order valence-corrected chi connectivity index (χ4v) is 3.09. The van der Waals surface area contributed by atoms with Crippen LogP contribution in [0.3, 0.4) is 0 Å². The van der Waals surface area contributed by atoms with Crippen LogP contribution in [0.2, 0.25) is 0 Å². The molecule has 0 amide bonds. The molecule has 3 heterocycles. The van der Waals surface area contributed by atoms with Gasteiger partial charge in [-0.05, 0) is 30.5 Å². The lowest BCUT2D eigenvalue weighted by atomic mass is 10.1. The second-order valence-corrected chi connectivity index (χ2v) is 5.22. The lowest BCUT2D eigenvalue weighted by Gasteiger charge is -2.24. The standard InChI is InChI=1S/C12H14N4S/c13-11-8-15-12(17-11)16-7-1-2-10(16)9-3-5-14-6-4-9/h3-6,8,10H,1-2,7,13H2. The predicted octanol–water partition coefficient (Wildman–Crippen LogP) is 2.46. The van der Waals surface area contributed by atoms with Crippen molar-refractivity contribution in [3.05, 3.63) is 36.3 Å². The van der Waals surface area contributed by atoms with Crippen LogP contribution in [0, 0.1) is 0 Å². The Labute approximate surface area is 104 Å². The van der Waals surface area contributed by atoms with Gasteiger partial charge in [0.2, 0.25) is 0 Å². The lowest BCUT2D eigenvalue weighted by molar-refractivity contribution is 0.716. The fraction of sp³-hybridized carbons (Fsp3) is 0.333. The summed E-state index contributed by atoms with van der Waals surface area (Å²) in [5, 5.41) is 1.81. The third-order valence-electron chi connectivity index (χ3n) is 3.10. The van der Waals surface area contributed by atoms with E-state index >= 15 is 0 Å². The average molecular weight is 246 g/mol. The number of aromatic nitrogens is 2. The number of anilines is 2. The van der Waals surface area contributed by atoms with Gasteiger partial charge in [-0.3, -0.25) is 4.98 Å². The summed E-state index contributed by atoms with van der Waals surface area (Å²) in [5.74, 6) is 0. The number of thiazole rings is 1. The molecule has 2 aromatic heterocycles. The minimum Gasteiger partial charge on any atom is -0.389 e. The third kappa shape index (κ3) is 1.98. The molecule has 1 aliphatic rings. The topological polar surface area (TPSA) is 55.0 Å². The molecule has 0 aliphatic carbocycles. The molecule has 0 saturated carbocycles. The van der Waals surface area contributed by atoms with Crippen LogP contribution in [0.1, 0.15) is 24.4 Å². The van der Waals surface area contributed by atoms with E-state index in [1.165, 1.54) is 18.4 Å². The van der Waals surface area contributed by atoms with Crippen molar-refractivity contribution in [1.29, 1.82) is 0 Å². The van der Waals surface area contributed by atoms with Crippen LogP contribution in [0.5, 0.6) is 0 Å². The molecule has 1 saturated heterocycles. The molecule has 1 unspecified atom stereocenters. The molecule has 17 heavy (non-hydrogen) atoms. The SMILES string of the molecule is Nc1cnc(N2CCCC2c2ccncc2)s1. The summed E-state index contributed by atoms with van der Waals surface area (Å²) >= 11 is 1.56. The zero-order valence-electron chi connectivity index (χ0n) is 9.41. The average Bonchev–Trinajstić information content (AvgIpc) is 2.98. The monoisotopic (exact) mass is 246 g/mol. The van der Waals surface area contributed by atoms with Crippen molar-refractivity contribution in [3.8, 4) is 0 Å². The summed E-state index contributed by atoms with van der Waals surface area (Å²) in [7, 11) is 0. The van der Waals surface area contributed by atoms with Crippen molar-refractivity contribution < 1.29 is 0 Å². The Morgan fingerprint density at radius 1 is 1.35 bits per heavy atom. The number of nitrogens with zero attached hydrogens (tertiary/aromatic N) is 3. The minimum atomic E-state index is 0.420. The van der Waals surface area contributed by atoms with E-state index in [1.54, 1.807) is 17.5 Å². The molecule has 0 aromatic carbocycles. The van der Waals surface area contributed by atoms with E-state index < -0.39 is 0 Å². The van der Waals surface area contributed by atoms with Crippen LogP contribution < -0.4 is 10.6 Å². The first-order valence-corrected chi connectivity index (χ1v) is 6.54. The fourth-order valence-electron chi connectivity index (χ4n) is 2.34. The summed E-state index contributed by atoms with van der Waals surface area (Å²) in [6.07, 6.45) is 7.81. The lowest BCUT2D eigenvalue weighted by Crippen LogP contribution is -2.22. The van der Waals surface area contributed by atoms with E-state index in [1.807, 2.05) is 12.4 Å². The van der Waals surface area contributed by atoms with Gasteiger partial charge in [-0.25, -0.2) is 4.98 Å². The van der Waals surface area contributed by atoms with Gasteiger partial charge < -0.3 is 10.6 Å². The largest absolute Gasteiger partial charge is 0.389 e. The van der Waals surface area contributed by atoms with Crippen LogP contribution >= 0.6 is 11.3 Å². The Morgan fingerprint density at radius 2 is 2.18 bits per heavy atom.